The number of methoxy groups -OCH3 is 1. The number of aliphatic imine (C=N–C) groups is 1. The van der Waals surface area contributed by atoms with Crippen molar-refractivity contribution < 1.29 is 19.4 Å². The first kappa shape index (κ1) is 25.7. The van der Waals surface area contributed by atoms with Gasteiger partial charge in [-0.3, -0.25) is 4.79 Å². The van der Waals surface area contributed by atoms with E-state index in [-0.39, 0.29) is 11.8 Å². The van der Waals surface area contributed by atoms with E-state index in [1.54, 1.807) is 30.3 Å². The highest BCUT2D eigenvalue weighted by Crippen LogP contribution is 2.33. The molecule has 0 aliphatic carbocycles. The van der Waals surface area contributed by atoms with Gasteiger partial charge in [-0.2, -0.15) is 0 Å². The molecule has 1 aromatic heterocycles. The Labute approximate surface area is 215 Å². The molecule has 8 nitrogen and oxygen atoms in total. The molecule has 1 heterocycles. The van der Waals surface area contributed by atoms with Crippen LogP contribution in [0.4, 0.5) is 5.69 Å². The molecule has 3 aromatic carbocycles. The van der Waals surface area contributed by atoms with E-state index in [0.29, 0.717) is 40.2 Å². The lowest BCUT2D eigenvalue weighted by Crippen LogP contribution is -2.31. The highest BCUT2D eigenvalue weighted by Gasteiger charge is 2.21. The molecule has 8 heteroatoms. The normalized spacial score (nSPS) is 11.6. The molecular weight excluding hydrogens is 468 g/mol. The van der Waals surface area contributed by atoms with Crippen molar-refractivity contribution in [1.29, 1.82) is 0 Å². The molecule has 0 saturated carbocycles. The van der Waals surface area contributed by atoms with Gasteiger partial charge in [0.25, 0.3) is 5.91 Å². The van der Waals surface area contributed by atoms with E-state index in [0.717, 1.165) is 23.1 Å². The standard InChI is InChI=1S/C29H30N4O4/c1-18-16-23-24(17-22(18)29(36)37-4)32-28(35)25(23)26(19-8-6-5-7-9-19)31-21-12-10-20(11-13-21)27(34)30-14-15-33(2)3/h5-13,16-17,32,35H,14-15H2,1-4H3,(H,30,34). The lowest BCUT2D eigenvalue weighted by molar-refractivity contribution is 0.0600. The Morgan fingerprint density at radius 3 is 2.38 bits per heavy atom. The third-order valence-electron chi connectivity index (χ3n) is 6.03. The third kappa shape index (κ3) is 5.70. The van der Waals surface area contributed by atoms with E-state index in [4.69, 9.17) is 9.73 Å². The van der Waals surface area contributed by atoms with Crippen LogP contribution in [-0.2, 0) is 4.74 Å². The van der Waals surface area contributed by atoms with Crippen LogP contribution in [0.2, 0.25) is 0 Å². The third-order valence-corrected chi connectivity index (χ3v) is 6.03. The number of carbonyl (C=O) groups excluding carboxylic acids is 2. The number of nitrogens with one attached hydrogen (secondary N) is 2. The maximum atomic E-state index is 12.5. The zero-order valence-electron chi connectivity index (χ0n) is 21.3. The number of ether oxygens (including phenoxy) is 1. The largest absolute Gasteiger partial charge is 0.494 e. The van der Waals surface area contributed by atoms with Crippen LogP contribution in [0.15, 0.2) is 71.7 Å². The number of fused-ring (bicyclic) bond motifs is 1. The van der Waals surface area contributed by atoms with Crippen LogP contribution < -0.4 is 5.32 Å². The van der Waals surface area contributed by atoms with E-state index < -0.39 is 5.97 Å². The number of aryl methyl sites for hydroxylation is 1. The van der Waals surface area contributed by atoms with Crippen LogP contribution in [0.3, 0.4) is 0 Å². The zero-order chi connectivity index (χ0) is 26.5. The lowest BCUT2D eigenvalue weighted by atomic mass is 9.98. The Hall–Kier alpha value is -4.43. The van der Waals surface area contributed by atoms with Gasteiger partial charge >= 0.3 is 5.97 Å². The van der Waals surface area contributed by atoms with Crippen molar-refractivity contribution in [2.24, 2.45) is 4.99 Å². The molecule has 0 spiro atoms. The van der Waals surface area contributed by atoms with Crippen LogP contribution in [0.1, 0.15) is 37.4 Å². The van der Waals surface area contributed by atoms with Crippen molar-refractivity contribution in [3.05, 3.63) is 94.5 Å². The van der Waals surface area contributed by atoms with Crippen LogP contribution in [-0.4, -0.2) is 66.9 Å². The minimum Gasteiger partial charge on any atom is -0.494 e. The van der Waals surface area contributed by atoms with Gasteiger partial charge in [0.15, 0.2) is 5.88 Å². The van der Waals surface area contributed by atoms with E-state index in [9.17, 15) is 14.7 Å². The summed E-state index contributed by atoms with van der Waals surface area (Å²) in [5.41, 5.74) is 4.77. The van der Waals surface area contributed by atoms with Gasteiger partial charge in [0, 0.05) is 35.1 Å². The number of esters is 1. The van der Waals surface area contributed by atoms with Gasteiger partial charge in [0.2, 0.25) is 0 Å². The highest BCUT2D eigenvalue weighted by atomic mass is 16.5. The second-order valence-electron chi connectivity index (χ2n) is 8.99. The summed E-state index contributed by atoms with van der Waals surface area (Å²) in [6, 6.07) is 20.1. The van der Waals surface area contributed by atoms with Crippen molar-refractivity contribution in [1.82, 2.24) is 15.2 Å². The summed E-state index contributed by atoms with van der Waals surface area (Å²) in [4.78, 5) is 34.5. The van der Waals surface area contributed by atoms with E-state index in [2.05, 4.69) is 10.3 Å². The fraction of sp³-hybridized carbons (Fsp3) is 0.207. The Balaban J connectivity index is 1.76. The Kier molecular flexibility index (Phi) is 7.69. The fourth-order valence-corrected chi connectivity index (χ4v) is 4.08. The first-order valence-electron chi connectivity index (χ1n) is 11.9. The molecule has 37 heavy (non-hydrogen) atoms. The molecule has 0 radical (unpaired) electrons. The molecule has 0 unspecified atom stereocenters. The number of aromatic nitrogens is 1. The number of aromatic hydroxyl groups is 1. The number of likely N-dealkylation sites (N-methyl/N-ethyl adjacent to an activating group) is 1. The number of aromatic amines is 1. The highest BCUT2D eigenvalue weighted by molar-refractivity contribution is 6.22. The summed E-state index contributed by atoms with van der Waals surface area (Å²) in [7, 11) is 5.24. The molecule has 0 saturated heterocycles. The Morgan fingerprint density at radius 1 is 1.03 bits per heavy atom. The number of hydrogen-bond acceptors (Lipinski definition) is 6. The number of carbonyl (C=O) groups is 2. The van der Waals surface area contributed by atoms with E-state index in [1.807, 2.05) is 62.3 Å². The number of benzene rings is 3. The summed E-state index contributed by atoms with van der Waals surface area (Å²) in [6.07, 6.45) is 0. The average molecular weight is 499 g/mol. The van der Waals surface area contributed by atoms with Crippen LogP contribution >= 0.6 is 0 Å². The summed E-state index contributed by atoms with van der Waals surface area (Å²) in [5.74, 6) is -0.652. The van der Waals surface area contributed by atoms with Gasteiger partial charge in [0.05, 0.1) is 29.6 Å². The molecular formula is C29H30N4O4. The monoisotopic (exact) mass is 498 g/mol. The quantitative estimate of drug-likeness (QED) is 0.246. The molecule has 0 aliphatic heterocycles. The molecule has 190 valence electrons. The lowest BCUT2D eigenvalue weighted by Gasteiger charge is -2.11. The maximum Gasteiger partial charge on any atom is 0.338 e. The Morgan fingerprint density at radius 2 is 1.73 bits per heavy atom. The molecule has 0 aliphatic rings. The maximum absolute atomic E-state index is 12.5. The van der Waals surface area contributed by atoms with Crippen LogP contribution in [0.25, 0.3) is 10.9 Å². The molecule has 0 bridgehead atoms. The van der Waals surface area contributed by atoms with Crippen LogP contribution in [0.5, 0.6) is 5.88 Å². The molecule has 4 rings (SSSR count). The van der Waals surface area contributed by atoms with Gasteiger partial charge in [-0.15, -0.1) is 0 Å². The van der Waals surface area contributed by atoms with Crippen LogP contribution in [0, 0.1) is 6.92 Å². The smallest absolute Gasteiger partial charge is 0.338 e. The average Bonchev–Trinajstić information content (AvgIpc) is 3.21. The molecule has 0 fully saturated rings. The summed E-state index contributed by atoms with van der Waals surface area (Å²) in [6.45, 7) is 3.13. The predicted molar refractivity (Wildman–Crippen MR) is 145 cm³/mol. The fourth-order valence-electron chi connectivity index (χ4n) is 4.08. The second-order valence-corrected chi connectivity index (χ2v) is 8.99. The predicted octanol–water partition coefficient (Wildman–Crippen LogP) is 4.43. The van der Waals surface area contributed by atoms with Crippen molar-refractivity contribution in [2.45, 2.75) is 6.92 Å². The van der Waals surface area contributed by atoms with E-state index >= 15 is 0 Å². The SMILES string of the molecule is COC(=O)c1cc2[nH]c(O)c(C(=Nc3ccc(C(=O)NCCN(C)C)cc3)c3ccccc3)c2cc1C. The Bertz CT molecular complexity index is 1460. The number of nitrogens with zero attached hydrogens (tertiary/aromatic N) is 2. The number of H-pyrrole nitrogens is 1. The van der Waals surface area contributed by atoms with E-state index in [1.165, 1.54) is 7.11 Å². The van der Waals surface area contributed by atoms with Gasteiger partial charge in [0.1, 0.15) is 0 Å². The van der Waals surface area contributed by atoms with Crippen molar-refractivity contribution >= 4 is 34.2 Å². The first-order chi connectivity index (χ1) is 17.8. The minimum absolute atomic E-state index is 0.0593. The zero-order valence-corrected chi connectivity index (χ0v) is 21.3. The van der Waals surface area contributed by atoms with Gasteiger partial charge in [-0.25, -0.2) is 9.79 Å². The van der Waals surface area contributed by atoms with Gasteiger partial charge in [-0.05, 0) is 63.0 Å². The topological polar surface area (TPSA) is 107 Å². The molecule has 3 N–H and O–H groups in total. The molecule has 4 aromatic rings. The van der Waals surface area contributed by atoms with Crippen molar-refractivity contribution in [3.63, 3.8) is 0 Å². The molecule has 0 atom stereocenters. The minimum atomic E-state index is -0.446. The number of hydrogen-bond donors (Lipinski definition) is 3. The van der Waals surface area contributed by atoms with Gasteiger partial charge < -0.3 is 25.0 Å². The second kappa shape index (κ2) is 11.1. The summed E-state index contributed by atoms with van der Waals surface area (Å²) >= 11 is 0. The summed E-state index contributed by atoms with van der Waals surface area (Å²) < 4.78 is 4.89. The number of amides is 1. The van der Waals surface area contributed by atoms with Crippen molar-refractivity contribution in [2.75, 3.05) is 34.3 Å². The first-order valence-corrected chi connectivity index (χ1v) is 11.9. The molecule has 1 amide bonds. The van der Waals surface area contributed by atoms with Crippen molar-refractivity contribution in [3.8, 4) is 5.88 Å². The summed E-state index contributed by atoms with van der Waals surface area (Å²) in [5, 5.41) is 14.6. The van der Waals surface area contributed by atoms with Gasteiger partial charge in [-0.1, -0.05) is 30.3 Å². The number of rotatable bonds is 8.